The Labute approximate surface area is 119 Å². The van der Waals surface area contributed by atoms with Crippen molar-refractivity contribution in [1.29, 1.82) is 0 Å². The lowest BCUT2D eigenvalue weighted by molar-refractivity contribution is 0.354. The molecule has 0 aliphatic heterocycles. The number of hydrogen-bond acceptors (Lipinski definition) is 4. The van der Waals surface area contributed by atoms with Crippen LogP contribution in [0.1, 0.15) is 23.6 Å². The van der Waals surface area contributed by atoms with Crippen LogP contribution < -0.4 is 15.2 Å². The molecule has 1 aromatic carbocycles. The van der Waals surface area contributed by atoms with Crippen LogP contribution in [0, 0.1) is 0 Å². The smallest absolute Gasteiger partial charge is 0.161 e. The molecule has 2 N–H and O–H groups in total. The molecule has 1 unspecified atom stereocenters. The summed E-state index contributed by atoms with van der Waals surface area (Å²) >= 11 is 0. The minimum Gasteiger partial charge on any atom is -0.493 e. The molecule has 106 valence electrons. The summed E-state index contributed by atoms with van der Waals surface area (Å²) in [7, 11) is 3.25. The van der Waals surface area contributed by atoms with Gasteiger partial charge in [0.15, 0.2) is 11.5 Å². The third kappa shape index (κ3) is 3.48. The summed E-state index contributed by atoms with van der Waals surface area (Å²) in [5, 5.41) is 0. The molecule has 0 fully saturated rings. The number of nitrogens with zero attached hydrogens (tertiary/aromatic N) is 1. The zero-order chi connectivity index (χ0) is 14.4. The van der Waals surface area contributed by atoms with Crippen molar-refractivity contribution in [2.75, 3.05) is 14.2 Å². The third-order valence-corrected chi connectivity index (χ3v) is 3.33. The molecule has 1 heterocycles. The van der Waals surface area contributed by atoms with E-state index in [1.165, 1.54) is 5.56 Å². The Morgan fingerprint density at radius 2 is 1.75 bits per heavy atom. The lowest BCUT2D eigenvalue weighted by Crippen LogP contribution is -2.11. The van der Waals surface area contributed by atoms with E-state index < -0.39 is 0 Å². The van der Waals surface area contributed by atoms with Gasteiger partial charge in [-0.25, -0.2) is 0 Å². The lowest BCUT2D eigenvalue weighted by atomic mass is 10.00. The molecule has 0 radical (unpaired) electrons. The number of nitrogens with two attached hydrogens (primary N) is 1. The molecule has 0 amide bonds. The Morgan fingerprint density at radius 3 is 2.40 bits per heavy atom. The normalized spacial score (nSPS) is 11.9. The Morgan fingerprint density at radius 1 is 1.05 bits per heavy atom. The third-order valence-electron chi connectivity index (χ3n) is 3.33. The second-order valence-corrected chi connectivity index (χ2v) is 4.62. The van der Waals surface area contributed by atoms with Crippen molar-refractivity contribution >= 4 is 0 Å². The highest BCUT2D eigenvalue weighted by molar-refractivity contribution is 5.43. The first-order chi connectivity index (χ1) is 9.74. The summed E-state index contributed by atoms with van der Waals surface area (Å²) < 4.78 is 10.5. The summed E-state index contributed by atoms with van der Waals surface area (Å²) in [5.74, 6) is 1.43. The first-order valence-corrected chi connectivity index (χ1v) is 6.61. The number of pyridine rings is 1. The molecule has 2 aromatic rings. The molecular formula is C16H20N2O2. The SMILES string of the molecule is COc1ccc(C(N)CCc2ccncc2)cc1OC. The van der Waals surface area contributed by atoms with Gasteiger partial charge in [0.2, 0.25) is 0 Å². The fraction of sp³-hybridized carbons (Fsp3) is 0.312. The maximum atomic E-state index is 6.25. The van der Waals surface area contributed by atoms with Crippen molar-refractivity contribution in [2.24, 2.45) is 5.73 Å². The molecule has 20 heavy (non-hydrogen) atoms. The van der Waals surface area contributed by atoms with Gasteiger partial charge in [0.1, 0.15) is 0 Å². The van der Waals surface area contributed by atoms with Gasteiger partial charge in [-0.15, -0.1) is 0 Å². The molecule has 0 bridgehead atoms. The molecule has 2 rings (SSSR count). The van der Waals surface area contributed by atoms with Gasteiger partial charge in [-0.3, -0.25) is 4.98 Å². The second-order valence-electron chi connectivity index (χ2n) is 4.62. The van der Waals surface area contributed by atoms with Crippen molar-refractivity contribution in [3.05, 3.63) is 53.9 Å². The van der Waals surface area contributed by atoms with Crippen molar-refractivity contribution in [2.45, 2.75) is 18.9 Å². The van der Waals surface area contributed by atoms with Crippen molar-refractivity contribution in [3.8, 4) is 11.5 Å². The van der Waals surface area contributed by atoms with E-state index in [2.05, 4.69) is 4.98 Å². The zero-order valence-corrected chi connectivity index (χ0v) is 11.9. The Balaban J connectivity index is 2.03. The van der Waals surface area contributed by atoms with Crippen LogP contribution in [0.3, 0.4) is 0 Å². The van der Waals surface area contributed by atoms with E-state index in [9.17, 15) is 0 Å². The molecule has 1 aromatic heterocycles. The van der Waals surface area contributed by atoms with Crippen LogP contribution in [0.4, 0.5) is 0 Å². The number of methoxy groups -OCH3 is 2. The van der Waals surface area contributed by atoms with E-state index in [0.29, 0.717) is 5.75 Å². The van der Waals surface area contributed by atoms with E-state index in [4.69, 9.17) is 15.2 Å². The average Bonchev–Trinajstić information content (AvgIpc) is 2.52. The number of aryl methyl sites for hydroxylation is 1. The largest absolute Gasteiger partial charge is 0.493 e. The number of hydrogen-bond donors (Lipinski definition) is 1. The molecule has 1 atom stereocenters. The zero-order valence-electron chi connectivity index (χ0n) is 11.9. The molecular weight excluding hydrogens is 252 g/mol. The highest BCUT2D eigenvalue weighted by Gasteiger charge is 2.10. The van der Waals surface area contributed by atoms with Gasteiger partial charge in [-0.05, 0) is 48.2 Å². The summed E-state index contributed by atoms with van der Waals surface area (Å²) in [6.07, 6.45) is 5.41. The van der Waals surface area contributed by atoms with Gasteiger partial charge in [-0.2, -0.15) is 0 Å². The highest BCUT2D eigenvalue weighted by atomic mass is 16.5. The first-order valence-electron chi connectivity index (χ1n) is 6.61. The quantitative estimate of drug-likeness (QED) is 0.878. The summed E-state index contributed by atoms with van der Waals surface area (Å²) in [6.45, 7) is 0. The Bertz CT molecular complexity index is 543. The molecule has 4 nitrogen and oxygen atoms in total. The van der Waals surface area contributed by atoms with Crippen molar-refractivity contribution < 1.29 is 9.47 Å². The van der Waals surface area contributed by atoms with Crippen LogP contribution in [0.25, 0.3) is 0 Å². The van der Waals surface area contributed by atoms with Crippen LogP contribution in [-0.2, 0) is 6.42 Å². The van der Waals surface area contributed by atoms with Crippen LogP contribution in [0.5, 0.6) is 11.5 Å². The first kappa shape index (κ1) is 14.3. The van der Waals surface area contributed by atoms with Crippen LogP contribution in [-0.4, -0.2) is 19.2 Å². The van der Waals surface area contributed by atoms with E-state index in [-0.39, 0.29) is 6.04 Å². The summed E-state index contributed by atoms with van der Waals surface area (Å²) in [5.41, 5.74) is 8.54. The van der Waals surface area contributed by atoms with Gasteiger partial charge in [0, 0.05) is 18.4 Å². The summed E-state index contributed by atoms with van der Waals surface area (Å²) in [4.78, 5) is 4.01. The van der Waals surface area contributed by atoms with Crippen LogP contribution in [0.2, 0.25) is 0 Å². The predicted octanol–water partition coefficient (Wildman–Crippen LogP) is 2.73. The molecule has 0 spiro atoms. The molecule has 0 saturated heterocycles. The predicted molar refractivity (Wildman–Crippen MR) is 79.0 cm³/mol. The number of benzene rings is 1. The second kappa shape index (κ2) is 6.91. The van der Waals surface area contributed by atoms with Crippen molar-refractivity contribution in [3.63, 3.8) is 0 Å². The highest BCUT2D eigenvalue weighted by Crippen LogP contribution is 2.30. The number of ether oxygens (including phenoxy) is 2. The number of aromatic nitrogens is 1. The van der Waals surface area contributed by atoms with Crippen LogP contribution >= 0.6 is 0 Å². The van der Waals surface area contributed by atoms with E-state index in [1.807, 2.05) is 30.3 Å². The van der Waals surface area contributed by atoms with E-state index >= 15 is 0 Å². The van der Waals surface area contributed by atoms with Gasteiger partial charge < -0.3 is 15.2 Å². The standard InChI is InChI=1S/C16H20N2O2/c1-19-15-6-4-13(11-16(15)20-2)14(17)5-3-12-7-9-18-10-8-12/h4,6-11,14H,3,5,17H2,1-2H3. The van der Waals surface area contributed by atoms with Gasteiger partial charge >= 0.3 is 0 Å². The van der Waals surface area contributed by atoms with Gasteiger partial charge in [-0.1, -0.05) is 6.07 Å². The van der Waals surface area contributed by atoms with Crippen molar-refractivity contribution in [1.82, 2.24) is 4.98 Å². The minimum absolute atomic E-state index is 0.0250. The van der Waals surface area contributed by atoms with Gasteiger partial charge in [0.05, 0.1) is 14.2 Å². The topological polar surface area (TPSA) is 57.4 Å². The van der Waals surface area contributed by atoms with E-state index in [1.54, 1.807) is 26.6 Å². The Kier molecular flexibility index (Phi) is 4.96. The Hall–Kier alpha value is -2.07. The lowest BCUT2D eigenvalue weighted by Gasteiger charge is -2.15. The maximum Gasteiger partial charge on any atom is 0.161 e. The summed E-state index contributed by atoms with van der Waals surface area (Å²) in [6, 6.07) is 9.82. The molecule has 0 saturated carbocycles. The molecule has 0 aliphatic rings. The molecule has 4 heteroatoms. The monoisotopic (exact) mass is 272 g/mol. The fourth-order valence-electron chi connectivity index (χ4n) is 2.12. The number of rotatable bonds is 6. The fourth-order valence-corrected chi connectivity index (χ4v) is 2.12. The minimum atomic E-state index is -0.0250. The average molecular weight is 272 g/mol. The maximum absolute atomic E-state index is 6.25. The van der Waals surface area contributed by atoms with Crippen LogP contribution in [0.15, 0.2) is 42.7 Å². The van der Waals surface area contributed by atoms with E-state index in [0.717, 1.165) is 24.2 Å². The molecule has 0 aliphatic carbocycles. The van der Waals surface area contributed by atoms with Gasteiger partial charge in [0.25, 0.3) is 0 Å².